The molecule has 0 aromatic heterocycles. The van der Waals surface area contributed by atoms with E-state index in [0.29, 0.717) is 5.92 Å². The van der Waals surface area contributed by atoms with Gasteiger partial charge in [0.25, 0.3) is 0 Å². The number of carbonyl (C=O) groups is 3. The van der Waals surface area contributed by atoms with Crippen molar-refractivity contribution in [3.63, 3.8) is 0 Å². The molecule has 28 heavy (non-hydrogen) atoms. The van der Waals surface area contributed by atoms with Gasteiger partial charge < -0.3 is 19.7 Å². The fraction of sp³-hybridized carbons (Fsp3) is 0.571. The van der Waals surface area contributed by atoms with Crippen molar-refractivity contribution in [3.8, 4) is 0 Å². The van der Waals surface area contributed by atoms with E-state index in [2.05, 4.69) is 24.5 Å². The Morgan fingerprint density at radius 2 is 1.29 bits per heavy atom. The zero-order chi connectivity index (χ0) is 21.7. The van der Waals surface area contributed by atoms with Crippen LogP contribution in [0.3, 0.4) is 0 Å². The van der Waals surface area contributed by atoms with E-state index >= 15 is 0 Å². The van der Waals surface area contributed by atoms with Gasteiger partial charge in [-0.05, 0) is 57.9 Å². The topological polar surface area (TPSA) is 110 Å². The number of aliphatic carboxylic acids is 2. The minimum atomic E-state index is -1.12. The maximum Gasteiger partial charge on any atom is 0.370 e. The third-order valence-electron chi connectivity index (χ3n) is 4.54. The Morgan fingerprint density at radius 3 is 1.61 bits per heavy atom. The molecule has 2 N–H and O–H groups in total. The van der Waals surface area contributed by atoms with Crippen molar-refractivity contribution in [3.05, 3.63) is 36.6 Å². The second kappa shape index (κ2) is 13.6. The summed E-state index contributed by atoms with van der Waals surface area (Å²) in [5.41, 5.74) is 0.898. The van der Waals surface area contributed by atoms with Gasteiger partial charge >= 0.3 is 17.9 Å². The molecule has 7 nitrogen and oxygen atoms in total. The lowest BCUT2D eigenvalue weighted by atomic mass is 9.99. The first-order valence-electron chi connectivity index (χ1n) is 9.34. The van der Waals surface area contributed by atoms with Crippen molar-refractivity contribution < 1.29 is 34.1 Å². The van der Waals surface area contributed by atoms with E-state index in [1.807, 2.05) is 0 Å². The van der Waals surface area contributed by atoms with Crippen LogP contribution in [0, 0.1) is 5.92 Å². The molecular weight excluding hydrogens is 364 g/mol. The lowest BCUT2D eigenvalue weighted by Crippen LogP contribution is -2.19. The lowest BCUT2D eigenvalue weighted by Gasteiger charge is -2.15. The van der Waals surface area contributed by atoms with E-state index in [9.17, 15) is 14.4 Å². The predicted octanol–water partition coefficient (Wildman–Crippen LogP) is 4.10. The summed E-state index contributed by atoms with van der Waals surface area (Å²) in [5.74, 6) is -2.02. The van der Waals surface area contributed by atoms with E-state index in [1.165, 1.54) is 39.7 Å². The lowest BCUT2D eigenvalue weighted by molar-refractivity contribution is -0.144. The average molecular weight is 396 g/mol. The van der Waals surface area contributed by atoms with Gasteiger partial charge in [0.05, 0.1) is 7.11 Å². The van der Waals surface area contributed by atoms with Crippen LogP contribution in [0.4, 0.5) is 0 Å². The summed E-state index contributed by atoms with van der Waals surface area (Å²) in [6.07, 6.45) is 9.39. The molecule has 0 spiro atoms. The van der Waals surface area contributed by atoms with Crippen LogP contribution >= 0.6 is 0 Å². The minimum absolute atomic E-state index is 0.131. The fourth-order valence-corrected chi connectivity index (χ4v) is 2.76. The van der Waals surface area contributed by atoms with E-state index in [4.69, 9.17) is 14.9 Å². The summed E-state index contributed by atoms with van der Waals surface area (Å²) in [5, 5.41) is 15.8. The molecule has 2 aliphatic rings. The predicted molar refractivity (Wildman–Crippen MR) is 106 cm³/mol. The molecule has 0 aliphatic heterocycles. The van der Waals surface area contributed by atoms with Crippen LogP contribution in [0.2, 0.25) is 0 Å². The summed E-state index contributed by atoms with van der Waals surface area (Å²) in [6, 6.07) is 0. The molecule has 0 atom stereocenters. The summed E-state index contributed by atoms with van der Waals surface area (Å²) in [4.78, 5) is 31.1. The van der Waals surface area contributed by atoms with E-state index < -0.39 is 11.9 Å². The Morgan fingerprint density at radius 1 is 0.857 bits per heavy atom. The van der Waals surface area contributed by atoms with Crippen LogP contribution in [0.15, 0.2) is 36.6 Å². The van der Waals surface area contributed by atoms with Gasteiger partial charge in [-0.2, -0.15) is 0 Å². The molecule has 0 saturated heterocycles. The van der Waals surface area contributed by atoms with Crippen molar-refractivity contribution in [2.24, 2.45) is 5.92 Å². The number of carboxylic acids is 2. The number of carboxylic acid groups (broad SMARTS) is 2. The molecule has 0 aromatic rings. The molecule has 2 fully saturated rings. The molecule has 0 bridgehead atoms. The Hall–Kier alpha value is -2.57. The number of hydrogen-bond donors (Lipinski definition) is 2. The number of ether oxygens (including phenoxy) is 2. The maximum absolute atomic E-state index is 11.8. The molecule has 2 saturated carbocycles. The highest BCUT2D eigenvalue weighted by Crippen LogP contribution is 2.31. The van der Waals surface area contributed by atoms with E-state index in [0.717, 1.165) is 31.3 Å². The third kappa shape index (κ3) is 10.5. The zero-order valence-corrected chi connectivity index (χ0v) is 16.9. The van der Waals surface area contributed by atoms with Gasteiger partial charge in [0.1, 0.15) is 6.10 Å². The second-order valence-corrected chi connectivity index (χ2v) is 6.84. The van der Waals surface area contributed by atoms with Crippen molar-refractivity contribution >= 4 is 17.9 Å². The molecule has 2 rings (SSSR count). The van der Waals surface area contributed by atoms with Crippen LogP contribution in [0.5, 0.6) is 0 Å². The zero-order valence-electron chi connectivity index (χ0n) is 16.9. The van der Waals surface area contributed by atoms with Crippen molar-refractivity contribution in [2.75, 3.05) is 7.11 Å². The van der Waals surface area contributed by atoms with Gasteiger partial charge in [-0.3, -0.25) is 0 Å². The quantitative estimate of drug-likeness (QED) is 0.395. The molecular formula is C21H32O7. The Labute approximate surface area is 166 Å². The normalized spacial score (nSPS) is 15.9. The van der Waals surface area contributed by atoms with Crippen molar-refractivity contribution in [1.82, 2.24) is 0 Å². The highest BCUT2D eigenvalue weighted by Gasteiger charge is 2.26. The SMILES string of the molecule is C=C(C(=O)OC1CCCC1)C1CCCC1.C=C(C)C(=O)O.C=C(OC)C(=O)O. The molecule has 0 aromatic carbocycles. The summed E-state index contributed by atoms with van der Waals surface area (Å²) < 4.78 is 9.66. The highest BCUT2D eigenvalue weighted by atomic mass is 16.5. The monoisotopic (exact) mass is 396 g/mol. The van der Waals surface area contributed by atoms with Crippen LogP contribution < -0.4 is 0 Å². The molecule has 2 aliphatic carbocycles. The van der Waals surface area contributed by atoms with Gasteiger partial charge in [0, 0.05) is 11.1 Å². The largest absolute Gasteiger partial charge is 0.490 e. The number of hydrogen-bond acceptors (Lipinski definition) is 5. The minimum Gasteiger partial charge on any atom is -0.490 e. The van der Waals surface area contributed by atoms with Crippen LogP contribution in [-0.2, 0) is 23.9 Å². The van der Waals surface area contributed by atoms with E-state index in [-0.39, 0.29) is 23.4 Å². The first-order valence-corrected chi connectivity index (χ1v) is 9.34. The molecule has 7 heteroatoms. The highest BCUT2D eigenvalue weighted by molar-refractivity contribution is 5.88. The van der Waals surface area contributed by atoms with Crippen molar-refractivity contribution in [1.29, 1.82) is 0 Å². The fourth-order valence-electron chi connectivity index (χ4n) is 2.76. The smallest absolute Gasteiger partial charge is 0.370 e. The van der Waals surface area contributed by atoms with Gasteiger partial charge in [0.15, 0.2) is 5.76 Å². The van der Waals surface area contributed by atoms with Gasteiger partial charge in [-0.15, -0.1) is 0 Å². The van der Waals surface area contributed by atoms with Crippen molar-refractivity contribution in [2.45, 2.75) is 64.4 Å². The molecule has 0 heterocycles. The van der Waals surface area contributed by atoms with Crippen LogP contribution in [0.25, 0.3) is 0 Å². The maximum atomic E-state index is 11.8. The standard InChI is InChI=1S/C13H20O2.C4H6O3.C4H6O2/c1-10(11-6-2-3-7-11)13(14)15-12-8-4-5-9-12;1-3(7-2)4(5)6;1-3(2)4(5)6/h11-12H,1-9H2;1H2,2H3,(H,5,6);1H2,2H3,(H,5,6). The number of esters is 1. The van der Waals surface area contributed by atoms with Gasteiger partial charge in [-0.1, -0.05) is 26.0 Å². The summed E-state index contributed by atoms with van der Waals surface area (Å²) in [6.45, 7) is 11.6. The van der Waals surface area contributed by atoms with Gasteiger partial charge in [-0.25, -0.2) is 14.4 Å². The molecule has 158 valence electrons. The Balaban J connectivity index is 0.000000471. The summed E-state index contributed by atoms with van der Waals surface area (Å²) >= 11 is 0. The Kier molecular flexibility index (Phi) is 12.3. The first-order chi connectivity index (χ1) is 13.1. The summed E-state index contributed by atoms with van der Waals surface area (Å²) in [7, 11) is 1.26. The van der Waals surface area contributed by atoms with Crippen LogP contribution in [-0.4, -0.2) is 41.3 Å². The average Bonchev–Trinajstić information content (AvgIpc) is 3.35. The second-order valence-electron chi connectivity index (χ2n) is 6.84. The number of methoxy groups -OCH3 is 1. The third-order valence-corrected chi connectivity index (χ3v) is 4.54. The number of rotatable bonds is 6. The first kappa shape index (κ1) is 25.4. The van der Waals surface area contributed by atoms with E-state index in [1.54, 1.807) is 0 Å². The Bertz CT molecular complexity index is 568. The number of carbonyl (C=O) groups excluding carboxylic acids is 1. The van der Waals surface area contributed by atoms with Gasteiger partial charge in [0.2, 0.25) is 0 Å². The molecule has 0 unspecified atom stereocenters. The molecule has 0 radical (unpaired) electrons. The molecule has 0 amide bonds. The van der Waals surface area contributed by atoms with Crippen LogP contribution in [0.1, 0.15) is 58.3 Å².